The smallest absolute Gasteiger partial charge is 0.225 e. The number of anilines is 1. The molecule has 2 rings (SSSR count). The summed E-state index contributed by atoms with van der Waals surface area (Å²) in [6.45, 7) is 6.11. The van der Waals surface area contributed by atoms with Gasteiger partial charge in [0.15, 0.2) is 0 Å². The minimum atomic E-state index is -0.138. The monoisotopic (exact) mass is 304 g/mol. The van der Waals surface area contributed by atoms with Crippen LogP contribution in [0.25, 0.3) is 0 Å². The highest BCUT2D eigenvalue weighted by atomic mass is 16.3. The number of rotatable bonds is 5. The summed E-state index contributed by atoms with van der Waals surface area (Å²) >= 11 is 0. The fraction of sp³-hybridized carbons (Fsp3) is 0.611. The van der Waals surface area contributed by atoms with Crippen molar-refractivity contribution in [2.75, 3.05) is 5.32 Å². The Morgan fingerprint density at radius 1 is 1.27 bits per heavy atom. The number of benzene rings is 1. The molecule has 4 nitrogen and oxygen atoms in total. The molecule has 1 aromatic carbocycles. The number of carbonyl (C=O) groups excluding carboxylic acids is 1. The minimum Gasteiger partial charge on any atom is -0.393 e. The highest BCUT2D eigenvalue weighted by Crippen LogP contribution is 2.19. The van der Waals surface area contributed by atoms with E-state index >= 15 is 0 Å². The van der Waals surface area contributed by atoms with Crippen molar-refractivity contribution in [3.8, 4) is 0 Å². The van der Waals surface area contributed by atoms with E-state index in [0.29, 0.717) is 12.5 Å². The molecule has 4 heteroatoms. The van der Waals surface area contributed by atoms with Gasteiger partial charge in [-0.15, -0.1) is 0 Å². The van der Waals surface area contributed by atoms with E-state index in [9.17, 15) is 9.90 Å². The molecular weight excluding hydrogens is 276 g/mol. The highest BCUT2D eigenvalue weighted by molar-refractivity contribution is 5.91. The van der Waals surface area contributed by atoms with Crippen molar-refractivity contribution in [1.29, 1.82) is 0 Å². The SMILES string of the molecule is Cc1ccc(NC(=O)C[C@H](C)NC2CCC(O)CC2)c(C)c1. The number of aryl methyl sites for hydroxylation is 2. The van der Waals surface area contributed by atoms with Gasteiger partial charge in [-0.1, -0.05) is 17.7 Å². The lowest BCUT2D eigenvalue weighted by molar-refractivity contribution is -0.116. The lowest BCUT2D eigenvalue weighted by Crippen LogP contribution is -2.41. The molecule has 0 spiro atoms. The minimum absolute atomic E-state index is 0.0443. The second-order valence-electron chi connectivity index (χ2n) is 6.64. The quantitative estimate of drug-likeness (QED) is 0.784. The van der Waals surface area contributed by atoms with Gasteiger partial charge in [-0.2, -0.15) is 0 Å². The van der Waals surface area contributed by atoms with Crippen molar-refractivity contribution in [3.63, 3.8) is 0 Å². The molecule has 22 heavy (non-hydrogen) atoms. The largest absolute Gasteiger partial charge is 0.393 e. The Labute approximate surface area is 133 Å². The first-order valence-corrected chi connectivity index (χ1v) is 8.25. The normalized spacial score (nSPS) is 23.1. The van der Waals surface area contributed by atoms with Gasteiger partial charge >= 0.3 is 0 Å². The van der Waals surface area contributed by atoms with Crippen LogP contribution < -0.4 is 10.6 Å². The molecule has 1 saturated carbocycles. The maximum Gasteiger partial charge on any atom is 0.225 e. The fourth-order valence-corrected chi connectivity index (χ4v) is 3.14. The van der Waals surface area contributed by atoms with Crippen LogP contribution >= 0.6 is 0 Å². The third-order valence-corrected chi connectivity index (χ3v) is 4.36. The van der Waals surface area contributed by atoms with Crippen LogP contribution in [0.2, 0.25) is 0 Å². The van der Waals surface area contributed by atoms with Crippen molar-refractivity contribution in [3.05, 3.63) is 29.3 Å². The molecule has 1 fully saturated rings. The van der Waals surface area contributed by atoms with Crippen molar-refractivity contribution < 1.29 is 9.90 Å². The van der Waals surface area contributed by atoms with Crippen LogP contribution in [0.4, 0.5) is 5.69 Å². The number of carbonyl (C=O) groups is 1. The van der Waals surface area contributed by atoms with Crippen LogP contribution in [0, 0.1) is 13.8 Å². The van der Waals surface area contributed by atoms with E-state index in [1.54, 1.807) is 0 Å². The van der Waals surface area contributed by atoms with Gasteiger partial charge in [0.25, 0.3) is 0 Å². The Hall–Kier alpha value is -1.39. The van der Waals surface area contributed by atoms with Gasteiger partial charge in [-0.05, 0) is 58.1 Å². The maximum atomic E-state index is 12.2. The Balaban J connectivity index is 1.78. The predicted octanol–water partition coefficient (Wildman–Crippen LogP) is 2.91. The van der Waals surface area contributed by atoms with Crippen molar-refractivity contribution in [2.24, 2.45) is 0 Å². The van der Waals surface area contributed by atoms with Gasteiger partial charge in [-0.3, -0.25) is 4.79 Å². The average Bonchev–Trinajstić information content (AvgIpc) is 2.44. The molecule has 1 aromatic rings. The molecule has 0 aliphatic heterocycles. The highest BCUT2D eigenvalue weighted by Gasteiger charge is 2.21. The molecule has 0 aromatic heterocycles. The van der Waals surface area contributed by atoms with E-state index in [1.807, 2.05) is 32.9 Å². The van der Waals surface area contributed by atoms with E-state index in [2.05, 4.69) is 16.7 Å². The number of amides is 1. The molecule has 1 atom stereocenters. The third-order valence-electron chi connectivity index (χ3n) is 4.36. The van der Waals surface area contributed by atoms with Crippen molar-refractivity contribution in [2.45, 2.75) is 71.1 Å². The summed E-state index contributed by atoms with van der Waals surface area (Å²) in [6.07, 6.45) is 4.03. The van der Waals surface area contributed by atoms with E-state index < -0.39 is 0 Å². The molecular formula is C18H28N2O2. The summed E-state index contributed by atoms with van der Waals surface area (Å²) in [7, 11) is 0. The molecule has 0 saturated heterocycles. The Bertz CT molecular complexity index is 508. The zero-order chi connectivity index (χ0) is 16.1. The average molecular weight is 304 g/mol. The van der Waals surface area contributed by atoms with Gasteiger partial charge in [-0.25, -0.2) is 0 Å². The van der Waals surface area contributed by atoms with E-state index in [1.165, 1.54) is 5.56 Å². The molecule has 0 radical (unpaired) electrons. The van der Waals surface area contributed by atoms with E-state index in [0.717, 1.165) is 36.9 Å². The Morgan fingerprint density at radius 2 is 1.95 bits per heavy atom. The van der Waals surface area contributed by atoms with Crippen LogP contribution in [0.1, 0.15) is 50.2 Å². The molecule has 0 bridgehead atoms. The number of aliphatic hydroxyl groups is 1. The molecule has 1 aliphatic rings. The lowest BCUT2D eigenvalue weighted by Gasteiger charge is -2.29. The zero-order valence-electron chi connectivity index (χ0n) is 13.9. The fourth-order valence-electron chi connectivity index (χ4n) is 3.14. The molecule has 1 aliphatic carbocycles. The van der Waals surface area contributed by atoms with Gasteiger partial charge < -0.3 is 15.7 Å². The predicted molar refractivity (Wildman–Crippen MR) is 90.0 cm³/mol. The van der Waals surface area contributed by atoms with Crippen LogP contribution in [0.3, 0.4) is 0 Å². The summed E-state index contributed by atoms with van der Waals surface area (Å²) in [5.41, 5.74) is 3.18. The summed E-state index contributed by atoms with van der Waals surface area (Å²) in [5, 5.41) is 16.0. The number of hydrogen-bond acceptors (Lipinski definition) is 3. The van der Waals surface area contributed by atoms with Gasteiger partial charge in [0.2, 0.25) is 5.91 Å². The molecule has 3 N–H and O–H groups in total. The summed E-state index contributed by atoms with van der Waals surface area (Å²) in [4.78, 5) is 12.2. The van der Waals surface area contributed by atoms with Crippen LogP contribution in [-0.4, -0.2) is 29.2 Å². The second-order valence-corrected chi connectivity index (χ2v) is 6.64. The molecule has 0 unspecified atom stereocenters. The first-order chi connectivity index (χ1) is 10.4. The molecule has 1 amide bonds. The second kappa shape index (κ2) is 7.75. The number of nitrogens with one attached hydrogen (secondary N) is 2. The molecule has 122 valence electrons. The van der Waals surface area contributed by atoms with E-state index in [-0.39, 0.29) is 18.1 Å². The van der Waals surface area contributed by atoms with Crippen LogP contribution in [-0.2, 0) is 4.79 Å². The van der Waals surface area contributed by atoms with Crippen molar-refractivity contribution >= 4 is 11.6 Å². The third kappa shape index (κ3) is 5.11. The Kier molecular flexibility index (Phi) is 5.98. The zero-order valence-corrected chi connectivity index (χ0v) is 13.9. The summed E-state index contributed by atoms with van der Waals surface area (Å²) < 4.78 is 0. The van der Waals surface area contributed by atoms with E-state index in [4.69, 9.17) is 0 Å². The van der Waals surface area contributed by atoms with Crippen molar-refractivity contribution in [1.82, 2.24) is 5.32 Å². The summed E-state index contributed by atoms with van der Waals surface area (Å²) in [6, 6.07) is 6.61. The van der Waals surface area contributed by atoms with Crippen LogP contribution in [0.15, 0.2) is 18.2 Å². The van der Waals surface area contributed by atoms with Gasteiger partial charge in [0, 0.05) is 24.2 Å². The summed E-state index contributed by atoms with van der Waals surface area (Å²) in [5.74, 6) is 0.0443. The number of hydrogen-bond donors (Lipinski definition) is 3. The standard InChI is InChI=1S/C18H28N2O2/c1-12-4-9-17(13(2)10-12)20-18(22)11-14(3)19-15-5-7-16(21)8-6-15/h4,9-10,14-16,19,21H,5-8,11H2,1-3H3,(H,20,22)/t14-,15?,16?/m0/s1. The molecule has 0 heterocycles. The van der Waals surface area contributed by atoms with Gasteiger partial charge in [0.1, 0.15) is 0 Å². The first-order valence-electron chi connectivity index (χ1n) is 8.25. The van der Waals surface area contributed by atoms with Gasteiger partial charge in [0.05, 0.1) is 6.10 Å². The maximum absolute atomic E-state index is 12.2. The first kappa shape index (κ1) is 17.0. The van der Waals surface area contributed by atoms with Crippen LogP contribution in [0.5, 0.6) is 0 Å². The lowest BCUT2D eigenvalue weighted by atomic mass is 9.92. The topological polar surface area (TPSA) is 61.4 Å². The number of aliphatic hydroxyl groups excluding tert-OH is 1. The Morgan fingerprint density at radius 3 is 2.59 bits per heavy atom.